The molecule has 8 heteroatoms. The predicted octanol–water partition coefficient (Wildman–Crippen LogP) is 5.07. The molecule has 0 radical (unpaired) electrons. The van der Waals surface area contributed by atoms with E-state index in [2.05, 4.69) is 40.1 Å². The zero-order valence-electron chi connectivity index (χ0n) is 19.8. The minimum atomic E-state index is -0.153. The molecule has 34 heavy (non-hydrogen) atoms. The number of nitrogens with one attached hydrogen (secondary N) is 2. The van der Waals surface area contributed by atoms with Crippen LogP contribution in [0.15, 0.2) is 30.5 Å². The highest BCUT2D eigenvalue weighted by molar-refractivity contribution is 6.33. The van der Waals surface area contributed by atoms with Crippen LogP contribution in [0, 0.1) is 5.92 Å². The van der Waals surface area contributed by atoms with Gasteiger partial charge in [-0.15, -0.1) is 0 Å². The monoisotopic (exact) mass is 479 g/mol. The van der Waals surface area contributed by atoms with Crippen LogP contribution in [0.3, 0.4) is 0 Å². The molecular formula is C26H30ClN5O2. The van der Waals surface area contributed by atoms with Crippen LogP contribution in [-0.4, -0.2) is 32.4 Å². The van der Waals surface area contributed by atoms with Gasteiger partial charge in [0.2, 0.25) is 11.8 Å². The van der Waals surface area contributed by atoms with E-state index in [4.69, 9.17) is 16.6 Å². The Labute approximate surface area is 204 Å². The molecule has 178 valence electrons. The second kappa shape index (κ2) is 8.69. The van der Waals surface area contributed by atoms with Crippen LogP contribution in [0.5, 0.6) is 0 Å². The largest absolute Gasteiger partial charge is 0.354 e. The highest BCUT2D eigenvalue weighted by Crippen LogP contribution is 2.38. The number of anilines is 1. The summed E-state index contributed by atoms with van der Waals surface area (Å²) < 4.78 is 2.33. The second-order valence-electron chi connectivity index (χ2n) is 10.2. The Kier molecular flexibility index (Phi) is 5.84. The van der Waals surface area contributed by atoms with Crippen molar-refractivity contribution in [2.24, 2.45) is 5.92 Å². The van der Waals surface area contributed by atoms with Crippen LogP contribution in [0.25, 0.3) is 22.2 Å². The van der Waals surface area contributed by atoms with Crippen molar-refractivity contribution >= 4 is 40.3 Å². The highest BCUT2D eigenvalue weighted by Gasteiger charge is 2.32. The van der Waals surface area contributed by atoms with Crippen LogP contribution >= 0.6 is 11.6 Å². The van der Waals surface area contributed by atoms with Gasteiger partial charge in [0.05, 0.1) is 16.1 Å². The smallest absolute Gasteiger partial charge is 0.228 e. The van der Waals surface area contributed by atoms with Crippen molar-refractivity contribution in [3.63, 3.8) is 0 Å². The summed E-state index contributed by atoms with van der Waals surface area (Å²) in [6, 6.07) is 8.06. The van der Waals surface area contributed by atoms with E-state index >= 15 is 0 Å². The van der Waals surface area contributed by atoms with Crippen LogP contribution in [-0.2, 0) is 21.5 Å². The fourth-order valence-electron chi connectivity index (χ4n) is 5.47. The van der Waals surface area contributed by atoms with Crippen LogP contribution in [0.2, 0.25) is 5.02 Å². The van der Waals surface area contributed by atoms with E-state index in [1.165, 1.54) is 6.92 Å². The first-order valence-electron chi connectivity index (χ1n) is 12.0. The lowest BCUT2D eigenvalue weighted by Gasteiger charge is -2.28. The minimum absolute atomic E-state index is 0.0268. The SMILES string of the molecule is CC(=O)N[C@@H]1CCC[C@H](C(=O)Nc2cc(-c3ccc4nc5n(c4c3)C(C)(C)CC5)c(Cl)cn2)C1. The molecule has 0 bridgehead atoms. The van der Waals surface area contributed by atoms with Gasteiger partial charge in [-0.2, -0.15) is 0 Å². The number of fused-ring (bicyclic) bond motifs is 3. The molecule has 1 fully saturated rings. The zero-order chi connectivity index (χ0) is 24.0. The number of rotatable bonds is 4. The number of imidazole rings is 1. The third kappa shape index (κ3) is 4.29. The number of carbonyl (C=O) groups is 2. The van der Waals surface area contributed by atoms with E-state index in [1.807, 2.05) is 18.2 Å². The summed E-state index contributed by atoms with van der Waals surface area (Å²) in [4.78, 5) is 33.5. The summed E-state index contributed by atoms with van der Waals surface area (Å²) in [6.07, 6.45) is 6.91. The molecule has 7 nitrogen and oxygen atoms in total. The number of aryl methyl sites for hydroxylation is 1. The van der Waals surface area contributed by atoms with Gasteiger partial charge in [-0.25, -0.2) is 9.97 Å². The van der Waals surface area contributed by atoms with Gasteiger partial charge < -0.3 is 15.2 Å². The number of aromatic nitrogens is 3. The number of pyridine rings is 1. The Morgan fingerprint density at radius 1 is 1.21 bits per heavy atom. The lowest BCUT2D eigenvalue weighted by molar-refractivity contribution is -0.123. The van der Waals surface area contributed by atoms with E-state index in [0.29, 0.717) is 17.3 Å². The lowest BCUT2D eigenvalue weighted by atomic mass is 9.85. The second-order valence-corrected chi connectivity index (χ2v) is 10.6. The Balaban J connectivity index is 1.40. The van der Waals surface area contributed by atoms with Gasteiger partial charge >= 0.3 is 0 Å². The Morgan fingerprint density at radius 2 is 2.03 bits per heavy atom. The molecule has 3 heterocycles. The fraction of sp³-hybridized carbons (Fsp3) is 0.462. The molecular weight excluding hydrogens is 450 g/mol. The van der Waals surface area contributed by atoms with Crippen molar-refractivity contribution in [2.75, 3.05) is 5.32 Å². The predicted molar refractivity (Wildman–Crippen MR) is 134 cm³/mol. The average Bonchev–Trinajstić information content (AvgIpc) is 3.31. The molecule has 1 aromatic carbocycles. The van der Waals surface area contributed by atoms with E-state index in [0.717, 1.165) is 60.1 Å². The standard InChI is InChI=1S/C26H30ClN5O2/c1-15(33)29-18-6-4-5-17(11-18)25(34)31-23-13-19(20(27)14-28-23)16-7-8-21-22(12-16)32-24(30-21)9-10-26(32,2)3/h7-8,12-14,17-18H,4-6,9-11H2,1-3H3,(H,29,33)(H,28,31,34)/t17-,18+/m0/s1. The van der Waals surface area contributed by atoms with Gasteiger partial charge in [-0.1, -0.05) is 24.1 Å². The molecule has 0 unspecified atom stereocenters. The molecule has 2 N–H and O–H groups in total. The number of carbonyl (C=O) groups excluding carboxylic acids is 2. The molecule has 2 amide bonds. The Hall–Kier alpha value is -2.93. The number of benzene rings is 1. The van der Waals surface area contributed by atoms with E-state index in [1.54, 1.807) is 6.20 Å². The Bertz CT molecular complexity index is 1280. The maximum Gasteiger partial charge on any atom is 0.228 e. The van der Waals surface area contributed by atoms with Crippen LogP contribution in [0.1, 0.15) is 58.7 Å². The van der Waals surface area contributed by atoms with Crippen molar-refractivity contribution in [2.45, 2.75) is 70.9 Å². The molecule has 5 rings (SSSR count). The molecule has 2 aliphatic rings. The minimum Gasteiger partial charge on any atom is -0.354 e. The van der Waals surface area contributed by atoms with Gasteiger partial charge in [0, 0.05) is 42.6 Å². The van der Waals surface area contributed by atoms with E-state index in [9.17, 15) is 9.59 Å². The van der Waals surface area contributed by atoms with Gasteiger partial charge in [-0.3, -0.25) is 9.59 Å². The van der Waals surface area contributed by atoms with E-state index < -0.39 is 0 Å². The molecule has 2 atom stereocenters. The number of hydrogen-bond acceptors (Lipinski definition) is 4. The lowest BCUT2D eigenvalue weighted by Crippen LogP contribution is -2.40. The number of halogens is 1. The van der Waals surface area contributed by atoms with Crippen molar-refractivity contribution in [1.82, 2.24) is 19.9 Å². The van der Waals surface area contributed by atoms with Crippen molar-refractivity contribution < 1.29 is 9.59 Å². The van der Waals surface area contributed by atoms with Crippen molar-refractivity contribution in [3.05, 3.63) is 41.3 Å². The first-order chi connectivity index (χ1) is 16.2. The number of nitrogens with zero attached hydrogens (tertiary/aromatic N) is 3. The summed E-state index contributed by atoms with van der Waals surface area (Å²) in [5.41, 5.74) is 3.89. The number of amides is 2. The summed E-state index contributed by atoms with van der Waals surface area (Å²) in [5, 5.41) is 6.44. The molecule has 2 aromatic heterocycles. The molecule has 0 spiro atoms. The van der Waals surface area contributed by atoms with Crippen LogP contribution < -0.4 is 10.6 Å². The maximum atomic E-state index is 13.0. The van der Waals surface area contributed by atoms with Crippen molar-refractivity contribution in [3.8, 4) is 11.1 Å². The maximum absolute atomic E-state index is 13.0. The number of hydrogen-bond donors (Lipinski definition) is 2. The third-order valence-electron chi connectivity index (χ3n) is 7.16. The Morgan fingerprint density at radius 3 is 2.82 bits per heavy atom. The average molecular weight is 480 g/mol. The third-order valence-corrected chi connectivity index (χ3v) is 7.46. The normalized spacial score (nSPS) is 21.3. The van der Waals surface area contributed by atoms with Gasteiger partial charge in [-0.05, 0) is 63.3 Å². The zero-order valence-corrected chi connectivity index (χ0v) is 20.6. The first-order valence-corrected chi connectivity index (χ1v) is 12.3. The van der Waals surface area contributed by atoms with Gasteiger partial charge in [0.25, 0.3) is 0 Å². The van der Waals surface area contributed by atoms with E-state index in [-0.39, 0.29) is 29.3 Å². The summed E-state index contributed by atoms with van der Waals surface area (Å²) in [7, 11) is 0. The molecule has 3 aromatic rings. The quantitative estimate of drug-likeness (QED) is 0.547. The molecule has 0 saturated heterocycles. The fourth-order valence-corrected chi connectivity index (χ4v) is 5.68. The molecule has 1 aliphatic heterocycles. The summed E-state index contributed by atoms with van der Waals surface area (Å²) in [6.45, 7) is 6.00. The summed E-state index contributed by atoms with van der Waals surface area (Å²) >= 11 is 6.54. The molecule has 1 aliphatic carbocycles. The van der Waals surface area contributed by atoms with Crippen molar-refractivity contribution in [1.29, 1.82) is 0 Å². The van der Waals surface area contributed by atoms with Crippen LogP contribution in [0.4, 0.5) is 5.82 Å². The van der Waals surface area contributed by atoms with Gasteiger partial charge in [0.1, 0.15) is 11.6 Å². The first kappa shape index (κ1) is 22.8. The van der Waals surface area contributed by atoms with Gasteiger partial charge in [0.15, 0.2) is 0 Å². The highest BCUT2D eigenvalue weighted by atomic mass is 35.5. The summed E-state index contributed by atoms with van der Waals surface area (Å²) in [5.74, 6) is 1.32. The molecule has 1 saturated carbocycles. The topological polar surface area (TPSA) is 88.9 Å².